The Balaban J connectivity index is 2.32. The summed E-state index contributed by atoms with van der Waals surface area (Å²) in [7, 11) is 0. The van der Waals surface area contributed by atoms with Crippen molar-refractivity contribution in [2.75, 3.05) is 0 Å². The van der Waals surface area contributed by atoms with Crippen molar-refractivity contribution in [2.24, 2.45) is 0 Å². The average Bonchev–Trinajstić information content (AvgIpc) is 2.34. The highest BCUT2D eigenvalue weighted by Crippen LogP contribution is 2.32. The zero-order valence-corrected chi connectivity index (χ0v) is 8.72. The van der Waals surface area contributed by atoms with Crippen LogP contribution in [0.2, 0.25) is 0 Å². The smallest absolute Gasteiger partial charge is 0.169 e. The molecule has 3 nitrogen and oxygen atoms in total. The summed E-state index contributed by atoms with van der Waals surface area (Å²) in [5.41, 5.74) is 0.309. The molecule has 2 aromatic carbocycles. The number of rotatable bonds is 2. The van der Waals surface area contributed by atoms with E-state index >= 15 is 0 Å². The first kappa shape index (κ1) is 11.0. The molecule has 0 bridgehead atoms. The van der Waals surface area contributed by atoms with Crippen LogP contribution in [0.25, 0.3) is 0 Å². The second-order valence-corrected chi connectivity index (χ2v) is 3.33. The molecular weight excluding hydrogens is 221 g/mol. The van der Waals surface area contributed by atoms with E-state index in [2.05, 4.69) is 0 Å². The van der Waals surface area contributed by atoms with E-state index in [1.54, 1.807) is 12.1 Å². The van der Waals surface area contributed by atoms with Gasteiger partial charge in [-0.2, -0.15) is 5.26 Å². The molecule has 17 heavy (non-hydrogen) atoms. The van der Waals surface area contributed by atoms with Crippen LogP contribution in [0.4, 0.5) is 4.39 Å². The highest BCUT2D eigenvalue weighted by atomic mass is 19.1. The van der Waals surface area contributed by atoms with Gasteiger partial charge in [0.05, 0.1) is 11.6 Å². The molecule has 0 heterocycles. The van der Waals surface area contributed by atoms with Gasteiger partial charge in [-0.1, -0.05) is 12.1 Å². The van der Waals surface area contributed by atoms with Gasteiger partial charge in [0.1, 0.15) is 0 Å². The van der Waals surface area contributed by atoms with Crippen molar-refractivity contribution < 1.29 is 14.2 Å². The van der Waals surface area contributed by atoms with E-state index < -0.39 is 5.82 Å². The van der Waals surface area contributed by atoms with Crippen LogP contribution < -0.4 is 4.74 Å². The molecule has 0 unspecified atom stereocenters. The summed E-state index contributed by atoms with van der Waals surface area (Å²) < 4.78 is 18.5. The van der Waals surface area contributed by atoms with Gasteiger partial charge >= 0.3 is 0 Å². The second kappa shape index (κ2) is 4.54. The number of hydrogen-bond donors (Lipinski definition) is 1. The Labute approximate surface area is 97.3 Å². The fourth-order valence-corrected chi connectivity index (χ4v) is 1.32. The highest BCUT2D eigenvalue weighted by Gasteiger charge is 2.08. The Morgan fingerprint density at radius 2 is 1.88 bits per heavy atom. The van der Waals surface area contributed by atoms with Crippen molar-refractivity contribution in [1.29, 1.82) is 5.26 Å². The van der Waals surface area contributed by atoms with Crippen LogP contribution in [-0.4, -0.2) is 5.11 Å². The van der Waals surface area contributed by atoms with Gasteiger partial charge in [-0.05, 0) is 24.3 Å². The van der Waals surface area contributed by atoms with Crippen LogP contribution in [0.1, 0.15) is 5.56 Å². The molecule has 2 aromatic rings. The van der Waals surface area contributed by atoms with E-state index in [1.807, 2.05) is 6.07 Å². The van der Waals surface area contributed by atoms with Gasteiger partial charge in [0.15, 0.2) is 23.1 Å². The van der Waals surface area contributed by atoms with Crippen LogP contribution >= 0.6 is 0 Å². The van der Waals surface area contributed by atoms with Gasteiger partial charge in [-0.3, -0.25) is 0 Å². The maximum absolute atomic E-state index is 13.3. The van der Waals surface area contributed by atoms with Crippen LogP contribution in [0.5, 0.6) is 17.2 Å². The predicted octanol–water partition coefficient (Wildman–Crippen LogP) is 3.20. The molecule has 1 N–H and O–H groups in total. The quantitative estimate of drug-likeness (QED) is 0.860. The van der Waals surface area contributed by atoms with Crippen LogP contribution in [0.15, 0.2) is 42.5 Å². The SMILES string of the molecule is N#Cc1ccc(Oc2ccccc2F)c(O)c1. The van der Waals surface area contributed by atoms with Crippen LogP contribution in [0, 0.1) is 17.1 Å². The van der Waals surface area contributed by atoms with E-state index in [9.17, 15) is 9.50 Å². The van der Waals surface area contributed by atoms with Crippen molar-refractivity contribution in [1.82, 2.24) is 0 Å². The van der Waals surface area contributed by atoms with Gasteiger partial charge < -0.3 is 9.84 Å². The fourth-order valence-electron chi connectivity index (χ4n) is 1.32. The number of halogens is 1. The molecule has 0 aliphatic heterocycles. The lowest BCUT2D eigenvalue weighted by molar-refractivity contribution is 0.396. The Hall–Kier alpha value is -2.54. The lowest BCUT2D eigenvalue weighted by Crippen LogP contribution is -1.88. The third-order valence-corrected chi connectivity index (χ3v) is 2.14. The van der Waals surface area contributed by atoms with E-state index in [-0.39, 0.29) is 17.2 Å². The number of phenols is 1. The second-order valence-electron chi connectivity index (χ2n) is 3.33. The number of nitrogens with zero attached hydrogens (tertiary/aromatic N) is 1. The molecule has 0 saturated carbocycles. The number of phenolic OH excluding ortho intramolecular Hbond substituents is 1. The molecule has 0 amide bonds. The molecule has 84 valence electrons. The Bertz CT molecular complexity index is 590. The summed E-state index contributed by atoms with van der Waals surface area (Å²) in [5.74, 6) is -0.592. The number of hydrogen-bond acceptors (Lipinski definition) is 3. The van der Waals surface area contributed by atoms with Crippen LogP contribution in [-0.2, 0) is 0 Å². The topological polar surface area (TPSA) is 53.2 Å². The van der Waals surface area contributed by atoms with E-state index in [0.29, 0.717) is 5.56 Å². The third kappa shape index (κ3) is 2.34. The van der Waals surface area contributed by atoms with Crippen molar-refractivity contribution in [2.45, 2.75) is 0 Å². The predicted molar refractivity (Wildman–Crippen MR) is 59.3 cm³/mol. The summed E-state index contributed by atoms with van der Waals surface area (Å²) >= 11 is 0. The zero-order chi connectivity index (χ0) is 12.3. The summed E-state index contributed by atoms with van der Waals surface area (Å²) in [6, 6.07) is 11.9. The minimum Gasteiger partial charge on any atom is -0.504 e. The average molecular weight is 229 g/mol. The molecule has 0 radical (unpaired) electrons. The molecule has 2 rings (SSSR count). The minimum atomic E-state index is -0.517. The first-order valence-corrected chi connectivity index (χ1v) is 4.86. The Morgan fingerprint density at radius 3 is 2.53 bits per heavy atom. The van der Waals surface area contributed by atoms with Crippen molar-refractivity contribution in [3.8, 4) is 23.3 Å². The summed E-state index contributed by atoms with van der Waals surface area (Å²) in [5, 5.41) is 18.2. The molecule has 0 aliphatic rings. The maximum Gasteiger partial charge on any atom is 0.169 e. The lowest BCUT2D eigenvalue weighted by atomic mass is 10.2. The highest BCUT2D eigenvalue weighted by molar-refractivity contribution is 5.47. The lowest BCUT2D eigenvalue weighted by Gasteiger charge is -2.08. The van der Waals surface area contributed by atoms with E-state index in [0.717, 1.165) is 0 Å². The monoisotopic (exact) mass is 229 g/mol. The normalized spacial score (nSPS) is 9.65. The number of benzene rings is 2. The number of para-hydroxylation sites is 1. The van der Waals surface area contributed by atoms with Gasteiger partial charge in [0.25, 0.3) is 0 Å². The molecule has 0 aliphatic carbocycles. The molecule has 0 saturated heterocycles. The summed E-state index contributed by atoms with van der Waals surface area (Å²) in [6.07, 6.45) is 0. The van der Waals surface area contributed by atoms with Crippen molar-refractivity contribution in [3.05, 3.63) is 53.8 Å². The standard InChI is InChI=1S/C13H8FNO2/c14-10-3-1-2-4-12(10)17-13-6-5-9(8-15)7-11(13)16/h1-7,16H. The molecule has 0 aromatic heterocycles. The molecular formula is C13H8FNO2. The van der Waals surface area contributed by atoms with Crippen molar-refractivity contribution in [3.63, 3.8) is 0 Å². The number of nitriles is 1. The van der Waals surface area contributed by atoms with Gasteiger partial charge in [0, 0.05) is 6.07 Å². The van der Waals surface area contributed by atoms with E-state index in [1.165, 1.54) is 30.3 Å². The minimum absolute atomic E-state index is 0.0208. The maximum atomic E-state index is 13.3. The first-order chi connectivity index (χ1) is 8.20. The van der Waals surface area contributed by atoms with Gasteiger partial charge in [-0.15, -0.1) is 0 Å². The molecule has 0 atom stereocenters. The summed E-state index contributed by atoms with van der Waals surface area (Å²) in [6.45, 7) is 0. The Morgan fingerprint density at radius 1 is 1.12 bits per heavy atom. The Kier molecular flexibility index (Phi) is 2.93. The largest absolute Gasteiger partial charge is 0.504 e. The van der Waals surface area contributed by atoms with Crippen molar-refractivity contribution >= 4 is 0 Å². The zero-order valence-electron chi connectivity index (χ0n) is 8.72. The third-order valence-electron chi connectivity index (χ3n) is 2.14. The van der Waals surface area contributed by atoms with Gasteiger partial charge in [0.2, 0.25) is 0 Å². The fraction of sp³-hybridized carbons (Fsp3) is 0. The first-order valence-electron chi connectivity index (χ1n) is 4.86. The number of aromatic hydroxyl groups is 1. The number of ether oxygens (including phenoxy) is 1. The molecule has 0 fully saturated rings. The molecule has 0 spiro atoms. The van der Waals surface area contributed by atoms with E-state index in [4.69, 9.17) is 10.00 Å². The van der Waals surface area contributed by atoms with Gasteiger partial charge in [-0.25, -0.2) is 4.39 Å². The molecule has 4 heteroatoms. The summed E-state index contributed by atoms with van der Waals surface area (Å²) in [4.78, 5) is 0. The van der Waals surface area contributed by atoms with Crippen LogP contribution in [0.3, 0.4) is 0 Å².